The van der Waals surface area contributed by atoms with Gasteiger partial charge in [-0.3, -0.25) is 9.48 Å². The molecule has 4 rings (SSSR count). The molecule has 0 aliphatic carbocycles. The van der Waals surface area contributed by atoms with Gasteiger partial charge < -0.3 is 19.9 Å². The number of carbonyl (C=O) groups excluding carboxylic acids is 2. The number of urea groups is 1. The van der Waals surface area contributed by atoms with E-state index in [2.05, 4.69) is 10.4 Å². The maximum atomic E-state index is 12.9. The number of para-hydroxylation sites is 1. The Morgan fingerprint density at radius 1 is 1.16 bits per heavy atom. The molecule has 1 aliphatic rings. The van der Waals surface area contributed by atoms with Crippen molar-refractivity contribution in [2.45, 2.75) is 26.4 Å². The number of aromatic nitrogens is 2. The molecule has 0 saturated carbocycles. The van der Waals surface area contributed by atoms with Gasteiger partial charge in [0.1, 0.15) is 5.75 Å². The van der Waals surface area contributed by atoms with Crippen LogP contribution in [0.1, 0.15) is 23.9 Å². The van der Waals surface area contributed by atoms with Gasteiger partial charge in [-0.25, -0.2) is 4.79 Å². The average molecular weight is 434 g/mol. The van der Waals surface area contributed by atoms with E-state index in [0.717, 1.165) is 22.6 Å². The fourth-order valence-electron chi connectivity index (χ4n) is 4.02. The second kappa shape index (κ2) is 9.13. The van der Waals surface area contributed by atoms with Crippen molar-refractivity contribution in [1.29, 1.82) is 0 Å². The van der Waals surface area contributed by atoms with E-state index < -0.39 is 0 Å². The number of amides is 3. The summed E-state index contributed by atoms with van der Waals surface area (Å²) < 4.78 is 7.10. The molecule has 32 heavy (non-hydrogen) atoms. The van der Waals surface area contributed by atoms with Crippen LogP contribution in [0.3, 0.4) is 0 Å². The summed E-state index contributed by atoms with van der Waals surface area (Å²) in [5.74, 6) is 0.627. The zero-order valence-electron chi connectivity index (χ0n) is 18.5. The van der Waals surface area contributed by atoms with Gasteiger partial charge >= 0.3 is 6.03 Å². The molecular weight excluding hydrogens is 406 g/mol. The highest BCUT2D eigenvalue weighted by molar-refractivity contribution is 5.91. The van der Waals surface area contributed by atoms with Gasteiger partial charge in [-0.15, -0.1) is 0 Å². The van der Waals surface area contributed by atoms with Gasteiger partial charge in [0.2, 0.25) is 5.91 Å². The highest BCUT2D eigenvalue weighted by atomic mass is 16.5. The van der Waals surface area contributed by atoms with Crippen LogP contribution < -0.4 is 15.0 Å². The minimum Gasteiger partial charge on any atom is -0.497 e. The number of ether oxygens (including phenoxy) is 1. The van der Waals surface area contributed by atoms with E-state index in [1.54, 1.807) is 29.9 Å². The molecule has 166 valence electrons. The number of methoxy groups -OCH3 is 1. The predicted octanol–water partition coefficient (Wildman–Crippen LogP) is 3.57. The number of anilines is 2. The molecule has 0 spiro atoms. The van der Waals surface area contributed by atoms with E-state index in [9.17, 15) is 9.59 Å². The van der Waals surface area contributed by atoms with Crippen molar-refractivity contribution in [3.8, 4) is 5.75 Å². The Morgan fingerprint density at radius 2 is 1.94 bits per heavy atom. The lowest BCUT2D eigenvalue weighted by molar-refractivity contribution is -0.116. The fraction of sp³-hybridized carbons (Fsp3) is 0.292. The molecule has 0 bridgehead atoms. The van der Waals surface area contributed by atoms with E-state index in [4.69, 9.17) is 4.74 Å². The van der Waals surface area contributed by atoms with Gasteiger partial charge in [-0.05, 0) is 24.3 Å². The van der Waals surface area contributed by atoms with Gasteiger partial charge in [0.25, 0.3) is 0 Å². The molecule has 0 saturated heterocycles. The molecule has 8 nitrogen and oxygen atoms in total. The van der Waals surface area contributed by atoms with Gasteiger partial charge in [0.05, 0.1) is 25.9 Å². The molecule has 1 N–H and O–H groups in total. The van der Waals surface area contributed by atoms with Crippen LogP contribution in [0, 0.1) is 0 Å². The summed E-state index contributed by atoms with van der Waals surface area (Å²) in [7, 11) is 3.51. The zero-order valence-corrected chi connectivity index (χ0v) is 18.5. The van der Waals surface area contributed by atoms with E-state index in [-0.39, 0.29) is 11.9 Å². The Labute approximate surface area is 187 Å². The molecule has 0 unspecified atom stereocenters. The Morgan fingerprint density at radius 3 is 2.66 bits per heavy atom. The molecular formula is C24H27N5O3. The molecule has 3 aromatic rings. The van der Waals surface area contributed by atoms with E-state index >= 15 is 0 Å². The summed E-state index contributed by atoms with van der Waals surface area (Å²) in [5.41, 5.74) is 4.41. The largest absolute Gasteiger partial charge is 0.497 e. The molecule has 2 heterocycles. The van der Waals surface area contributed by atoms with Crippen molar-refractivity contribution < 1.29 is 14.3 Å². The number of rotatable bonds is 5. The predicted molar refractivity (Wildman–Crippen MR) is 123 cm³/mol. The first-order valence-electron chi connectivity index (χ1n) is 10.5. The smallest absolute Gasteiger partial charge is 0.322 e. The van der Waals surface area contributed by atoms with Crippen LogP contribution >= 0.6 is 0 Å². The number of carbonyl (C=O) groups is 2. The molecule has 0 radical (unpaired) electrons. The maximum Gasteiger partial charge on any atom is 0.322 e. The SMILES string of the molecule is COc1cccc(NC(=O)N2CCc3c(c(CN(C(C)=O)c4ccccc4)nn3C)C2)c1. The van der Waals surface area contributed by atoms with Crippen molar-refractivity contribution in [3.63, 3.8) is 0 Å². The average Bonchev–Trinajstić information content (AvgIpc) is 3.12. The number of nitrogens with zero attached hydrogens (tertiary/aromatic N) is 4. The van der Waals surface area contributed by atoms with Gasteiger partial charge in [-0.2, -0.15) is 5.10 Å². The first kappa shape index (κ1) is 21.4. The summed E-state index contributed by atoms with van der Waals surface area (Å²) in [4.78, 5) is 28.8. The Bertz CT molecular complexity index is 1130. The summed E-state index contributed by atoms with van der Waals surface area (Å²) >= 11 is 0. The Hall–Kier alpha value is -3.81. The normalized spacial score (nSPS) is 12.8. The molecule has 2 aromatic carbocycles. The first-order chi connectivity index (χ1) is 15.5. The third kappa shape index (κ3) is 4.44. The van der Waals surface area contributed by atoms with Crippen LogP contribution in [0.5, 0.6) is 5.75 Å². The molecule has 1 aromatic heterocycles. The third-order valence-electron chi connectivity index (χ3n) is 5.69. The monoisotopic (exact) mass is 433 g/mol. The number of nitrogens with one attached hydrogen (secondary N) is 1. The highest BCUT2D eigenvalue weighted by Crippen LogP contribution is 2.26. The number of fused-ring (bicyclic) bond motifs is 1. The topological polar surface area (TPSA) is 79.7 Å². The lowest BCUT2D eigenvalue weighted by Gasteiger charge is -2.28. The number of aryl methyl sites for hydroxylation is 1. The second-order valence-electron chi connectivity index (χ2n) is 7.77. The fourth-order valence-corrected chi connectivity index (χ4v) is 4.02. The molecule has 1 aliphatic heterocycles. The number of hydrogen-bond donors (Lipinski definition) is 1. The summed E-state index contributed by atoms with van der Waals surface area (Å²) in [6, 6.07) is 16.7. The number of benzene rings is 2. The Kier molecular flexibility index (Phi) is 6.11. The van der Waals surface area contributed by atoms with Crippen molar-refractivity contribution in [2.24, 2.45) is 7.05 Å². The quantitative estimate of drug-likeness (QED) is 0.667. The third-order valence-corrected chi connectivity index (χ3v) is 5.69. The first-order valence-corrected chi connectivity index (χ1v) is 10.5. The summed E-state index contributed by atoms with van der Waals surface area (Å²) in [6.07, 6.45) is 0.704. The van der Waals surface area contributed by atoms with Crippen LogP contribution in [0.2, 0.25) is 0 Å². The molecule has 8 heteroatoms. The summed E-state index contributed by atoms with van der Waals surface area (Å²) in [6.45, 7) is 2.94. The van der Waals surface area contributed by atoms with Crippen molar-refractivity contribution >= 4 is 23.3 Å². The van der Waals surface area contributed by atoms with Crippen LogP contribution in [0.25, 0.3) is 0 Å². The summed E-state index contributed by atoms with van der Waals surface area (Å²) in [5, 5.41) is 7.63. The lowest BCUT2D eigenvalue weighted by atomic mass is 10.0. The minimum absolute atomic E-state index is 0.0564. The van der Waals surface area contributed by atoms with Crippen LogP contribution in [0.15, 0.2) is 54.6 Å². The lowest BCUT2D eigenvalue weighted by Crippen LogP contribution is -2.39. The Balaban J connectivity index is 1.54. The van der Waals surface area contributed by atoms with Crippen molar-refractivity contribution in [1.82, 2.24) is 14.7 Å². The van der Waals surface area contributed by atoms with E-state index in [1.807, 2.05) is 60.3 Å². The maximum absolute atomic E-state index is 12.9. The molecule has 0 atom stereocenters. The second-order valence-corrected chi connectivity index (χ2v) is 7.77. The zero-order chi connectivity index (χ0) is 22.7. The molecule has 0 fully saturated rings. The van der Waals surface area contributed by atoms with E-state index in [1.165, 1.54) is 0 Å². The van der Waals surface area contributed by atoms with Crippen molar-refractivity contribution in [2.75, 3.05) is 23.9 Å². The minimum atomic E-state index is -0.176. The van der Waals surface area contributed by atoms with Crippen LogP contribution in [-0.2, 0) is 31.4 Å². The highest BCUT2D eigenvalue weighted by Gasteiger charge is 2.28. The standard InChI is InChI=1S/C24H27N5O3/c1-17(30)29(19-9-5-4-6-10-19)16-22-21-15-28(13-12-23(21)27(2)26-22)24(31)25-18-8-7-11-20(14-18)32-3/h4-11,14H,12-13,15-16H2,1-3H3,(H,25,31). The van der Waals surface area contributed by atoms with Gasteiger partial charge in [0.15, 0.2) is 0 Å². The van der Waals surface area contributed by atoms with Gasteiger partial charge in [0, 0.05) is 55.6 Å². The van der Waals surface area contributed by atoms with Crippen LogP contribution in [-0.4, -0.2) is 40.3 Å². The number of hydrogen-bond acceptors (Lipinski definition) is 4. The molecule has 3 amide bonds. The van der Waals surface area contributed by atoms with E-state index in [0.29, 0.717) is 37.5 Å². The van der Waals surface area contributed by atoms with Gasteiger partial charge in [-0.1, -0.05) is 24.3 Å². The van der Waals surface area contributed by atoms with Crippen LogP contribution in [0.4, 0.5) is 16.2 Å². The van der Waals surface area contributed by atoms with Crippen molar-refractivity contribution in [3.05, 3.63) is 71.5 Å².